The zero-order valence-corrected chi connectivity index (χ0v) is 18.6. The summed E-state index contributed by atoms with van der Waals surface area (Å²) in [5.41, 5.74) is 1.08. The van der Waals surface area contributed by atoms with Crippen LogP contribution in [0.3, 0.4) is 0 Å². The predicted molar refractivity (Wildman–Crippen MR) is 121 cm³/mol. The lowest BCUT2D eigenvalue weighted by Gasteiger charge is -2.14. The first-order chi connectivity index (χ1) is 16.8. The van der Waals surface area contributed by atoms with E-state index < -0.39 is 29.8 Å². The second kappa shape index (κ2) is 9.88. The highest BCUT2D eigenvalue weighted by Gasteiger charge is 2.24. The van der Waals surface area contributed by atoms with E-state index in [2.05, 4.69) is 15.0 Å². The van der Waals surface area contributed by atoms with Crippen molar-refractivity contribution in [2.45, 2.75) is 13.5 Å². The van der Waals surface area contributed by atoms with Gasteiger partial charge in [-0.05, 0) is 31.2 Å². The molecule has 4 rings (SSSR count). The Labute approximate surface area is 197 Å². The normalized spacial score (nSPS) is 10.9. The van der Waals surface area contributed by atoms with E-state index in [-0.39, 0.29) is 23.0 Å². The monoisotopic (exact) mass is 485 g/mol. The van der Waals surface area contributed by atoms with Gasteiger partial charge in [-0.15, -0.1) is 0 Å². The van der Waals surface area contributed by atoms with Crippen LogP contribution in [0.1, 0.15) is 16.1 Å². The number of benzene rings is 3. The van der Waals surface area contributed by atoms with Crippen molar-refractivity contribution in [2.24, 2.45) is 0 Å². The van der Waals surface area contributed by atoms with Crippen LogP contribution in [-0.4, -0.2) is 29.2 Å². The average molecular weight is 485 g/mol. The van der Waals surface area contributed by atoms with E-state index in [1.54, 1.807) is 31.2 Å². The molecule has 6 nitrogen and oxygen atoms in total. The number of hydrogen-bond donors (Lipinski definition) is 1. The molecule has 180 valence electrons. The summed E-state index contributed by atoms with van der Waals surface area (Å²) in [5.74, 6) is -2.79. The van der Waals surface area contributed by atoms with Gasteiger partial charge in [-0.1, -0.05) is 30.3 Å². The standard InChI is InChI=1S/C25H19F4N3O3/c1-14-21(15-6-4-3-5-7-15)30-25(32(14)22-19(26)12-18(34-2)13-20(22)27)31-23(33)16-8-10-17(11-9-16)35-24(28)29/h3-13,24H,1-2H3,(H,30,31,33). The van der Waals surface area contributed by atoms with Gasteiger partial charge in [-0.2, -0.15) is 8.78 Å². The fraction of sp³-hybridized carbons (Fsp3) is 0.120. The smallest absolute Gasteiger partial charge is 0.387 e. The summed E-state index contributed by atoms with van der Waals surface area (Å²) in [4.78, 5) is 17.3. The minimum absolute atomic E-state index is 0.0125. The molecule has 0 bridgehead atoms. The van der Waals surface area contributed by atoms with E-state index in [9.17, 15) is 13.6 Å². The Morgan fingerprint density at radius 3 is 2.17 bits per heavy atom. The van der Waals surface area contributed by atoms with Crippen LogP contribution in [0.5, 0.6) is 11.5 Å². The number of carbonyl (C=O) groups is 1. The number of ether oxygens (including phenoxy) is 2. The topological polar surface area (TPSA) is 65.4 Å². The van der Waals surface area contributed by atoms with Crippen LogP contribution in [0.25, 0.3) is 16.9 Å². The molecule has 4 aromatic rings. The van der Waals surface area contributed by atoms with Gasteiger partial charge >= 0.3 is 6.61 Å². The third-order valence-electron chi connectivity index (χ3n) is 5.17. The van der Waals surface area contributed by atoms with Crippen molar-refractivity contribution in [3.05, 3.63) is 89.6 Å². The van der Waals surface area contributed by atoms with Gasteiger partial charge in [0.2, 0.25) is 5.95 Å². The molecular formula is C25H19F4N3O3. The first kappa shape index (κ1) is 23.8. The number of aromatic nitrogens is 2. The summed E-state index contributed by atoms with van der Waals surface area (Å²) in [6.45, 7) is -1.39. The summed E-state index contributed by atoms with van der Waals surface area (Å²) < 4.78 is 65.2. The molecule has 10 heteroatoms. The Kier molecular flexibility index (Phi) is 6.72. The minimum atomic E-state index is -3.00. The zero-order valence-electron chi connectivity index (χ0n) is 18.6. The van der Waals surface area contributed by atoms with Gasteiger partial charge in [0.15, 0.2) is 11.6 Å². The van der Waals surface area contributed by atoms with Crippen LogP contribution in [0, 0.1) is 18.6 Å². The average Bonchev–Trinajstić information content (AvgIpc) is 3.14. The number of methoxy groups -OCH3 is 1. The number of carbonyl (C=O) groups excluding carboxylic acids is 1. The summed E-state index contributed by atoms with van der Waals surface area (Å²) in [6.07, 6.45) is 0. The van der Waals surface area contributed by atoms with E-state index >= 15 is 8.78 Å². The van der Waals surface area contributed by atoms with E-state index in [1.807, 2.05) is 6.07 Å². The summed E-state index contributed by atoms with van der Waals surface area (Å²) in [5, 5.41) is 2.56. The second-order valence-corrected chi connectivity index (χ2v) is 7.37. The SMILES string of the molecule is COc1cc(F)c(-n2c(NC(=O)c3ccc(OC(F)F)cc3)nc(-c3ccccc3)c2C)c(F)c1. The molecule has 3 aromatic carbocycles. The molecule has 1 N–H and O–H groups in total. The van der Waals surface area contributed by atoms with Crippen LogP contribution in [0.2, 0.25) is 0 Å². The van der Waals surface area contributed by atoms with Crippen molar-refractivity contribution in [1.82, 2.24) is 9.55 Å². The van der Waals surface area contributed by atoms with Gasteiger partial charge in [-0.25, -0.2) is 13.8 Å². The fourth-order valence-corrected chi connectivity index (χ4v) is 3.56. The molecule has 0 atom stereocenters. The molecule has 1 heterocycles. The van der Waals surface area contributed by atoms with Crippen molar-refractivity contribution in [1.29, 1.82) is 0 Å². The summed E-state index contributed by atoms with van der Waals surface area (Å²) in [6, 6.07) is 15.9. The molecule has 35 heavy (non-hydrogen) atoms. The lowest BCUT2D eigenvalue weighted by molar-refractivity contribution is -0.0498. The van der Waals surface area contributed by atoms with E-state index in [1.165, 1.54) is 35.9 Å². The number of halogens is 4. The Hall–Kier alpha value is -4.34. The molecular weight excluding hydrogens is 466 g/mol. The Morgan fingerprint density at radius 1 is 0.971 bits per heavy atom. The molecule has 0 aliphatic heterocycles. The highest BCUT2D eigenvalue weighted by atomic mass is 19.3. The summed E-state index contributed by atoms with van der Waals surface area (Å²) in [7, 11) is 1.28. The molecule has 0 spiro atoms. The van der Waals surface area contributed by atoms with Gasteiger partial charge in [-0.3, -0.25) is 14.7 Å². The maximum atomic E-state index is 15.0. The summed E-state index contributed by atoms with van der Waals surface area (Å²) >= 11 is 0. The molecule has 0 unspecified atom stereocenters. The van der Waals surface area contributed by atoms with Crippen molar-refractivity contribution >= 4 is 11.9 Å². The molecule has 0 saturated heterocycles. The second-order valence-electron chi connectivity index (χ2n) is 7.37. The van der Waals surface area contributed by atoms with Crippen LogP contribution >= 0.6 is 0 Å². The molecule has 1 amide bonds. The Morgan fingerprint density at radius 2 is 1.60 bits per heavy atom. The highest BCUT2D eigenvalue weighted by molar-refractivity contribution is 6.03. The molecule has 1 aromatic heterocycles. The van der Waals surface area contributed by atoms with Crippen LogP contribution in [0.15, 0.2) is 66.7 Å². The highest BCUT2D eigenvalue weighted by Crippen LogP contribution is 2.33. The number of nitrogens with one attached hydrogen (secondary N) is 1. The number of hydrogen-bond acceptors (Lipinski definition) is 4. The van der Waals surface area contributed by atoms with E-state index in [0.29, 0.717) is 17.0 Å². The van der Waals surface area contributed by atoms with Gasteiger partial charge in [0.05, 0.1) is 12.8 Å². The zero-order chi connectivity index (χ0) is 25.1. The largest absolute Gasteiger partial charge is 0.497 e. The maximum absolute atomic E-state index is 15.0. The van der Waals surface area contributed by atoms with E-state index in [4.69, 9.17) is 4.74 Å². The van der Waals surface area contributed by atoms with E-state index in [0.717, 1.165) is 12.1 Å². The maximum Gasteiger partial charge on any atom is 0.387 e. The lowest BCUT2D eigenvalue weighted by Crippen LogP contribution is -2.17. The van der Waals surface area contributed by atoms with Crippen molar-refractivity contribution < 1.29 is 31.8 Å². The quantitative estimate of drug-likeness (QED) is 0.327. The molecule has 0 radical (unpaired) electrons. The van der Waals surface area contributed by atoms with Crippen molar-refractivity contribution in [3.8, 4) is 28.4 Å². The van der Waals surface area contributed by atoms with Crippen LogP contribution in [-0.2, 0) is 0 Å². The first-order valence-electron chi connectivity index (χ1n) is 10.3. The number of imidazole rings is 1. The molecule has 0 aliphatic carbocycles. The fourth-order valence-electron chi connectivity index (χ4n) is 3.56. The van der Waals surface area contributed by atoms with Crippen LogP contribution < -0.4 is 14.8 Å². The minimum Gasteiger partial charge on any atom is -0.497 e. The van der Waals surface area contributed by atoms with Gasteiger partial charge in [0, 0.05) is 29.0 Å². The number of nitrogens with zero attached hydrogens (tertiary/aromatic N) is 2. The van der Waals surface area contributed by atoms with Gasteiger partial charge in [0.1, 0.15) is 17.2 Å². The predicted octanol–water partition coefficient (Wildman–Crippen LogP) is 5.99. The van der Waals surface area contributed by atoms with Gasteiger partial charge < -0.3 is 9.47 Å². The molecule has 0 aliphatic rings. The van der Waals surface area contributed by atoms with Crippen molar-refractivity contribution in [3.63, 3.8) is 0 Å². The molecule has 0 fully saturated rings. The third kappa shape index (κ3) is 4.96. The number of anilines is 1. The first-order valence-corrected chi connectivity index (χ1v) is 10.3. The Bertz CT molecular complexity index is 1330. The van der Waals surface area contributed by atoms with Crippen LogP contribution in [0.4, 0.5) is 23.5 Å². The Balaban J connectivity index is 1.78. The number of rotatable bonds is 7. The van der Waals surface area contributed by atoms with Gasteiger partial charge in [0.25, 0.3) is 5.91 Å². The number of amides is 1. The molecule has 0 saturated carbocycles. The number of alkyl halides is 2. The third-order valence-corrected chi connectivity index (χ3v) is 5.17. The lowest BCUT2D eigenvalue weighted by atomic mass is 10.1. The van der Waals surface area contributed by atoms with Crippen molar-refractivity contribution in [2.75, 3.05) is 12.4 Å².